The van der Waals surface area contributed by atoms with Gasteiger partial charge in [0.15, 0.2) is 5.69 Å². The average Bonchev–Trinajstić information content (AvgIpc) is 3.59. The monoisotopic (exact) mass is 658 g/mol. The number of fused-ring (bicyclic) bond motifs is 1. The Morgan fingerprint density at radius 1 is 1.10 bits per heavy atom. The summed E-state index contributed by atoms with van der Waals surface area (Å²) in [6.07, 6.45) is -0.814. The third-order valence-corrected chi connectivity index (χ3v) is 8.36. The molecular weight excluding hydrogens is 633 g/mol. The first-order valence-electron chi connectivity index (χ1n) is 14.6. The minimum atomic E-state index is -4.84. The molecule has 6 rings (SSSR count). The van der Waals surface area contributed by atoms with Gasteiger partial charge in [-0.3, -0.25) is 38.9 Å². The van der Waals surface area contributed by atoms with Gasteiger partial charge >= 0.3 is 6.18 Å². The molecule has 1 aromatic carbocycles. The highest BCUT2D eigenvalue weighted by Gasteiger charge is 2.46. The number of anilines is 2. The highest BCUT2D eigenvalue weighted by molar-refractivity contribution is 6.25. The highest BCUT2D eigenvalue weighted by atomic mass is 19.4. The summed E-state index contributed by atoms with van der Waals surface area (Å²) in [6, 6.07) is 5.88. The summed E-state index contributed by atoms with van der Waals surface area (Å²) in [4.78, 5) is 69.9. The Kier molecular flexibility index (Phi) is 7.75. The Balaban J connectivity index is 1.11. The van der Waals surface area contributed by atoms with Gasteiger partial charge in [-0.15, -0.1) is 0 Å². The van der Waals surface area contributed by atoms with Gasteiger partial charge in [0.05, 0.1) is 51.9 Å². The number of carbonyl (C=O) groups excluding carboxylic acids is 5. The zero-order valence-corrected chi connectivity index (χ0v) is 25.4. The number of amides is 5. The van der Waals surface area contributed by atoms with Gasteiger partial charge in [-0.1, -0.05) is 17.9 Å². The quantitative estimate of drug-likeness (QED) is 0.309. The summed E-state index contributed by atoms with van der Waals surface area (Å²) < 4.78 is 41.3. The van der Waals surface area contributed by atoms with Crippen molar-refractivity contribution in [2.45, 2.75) is 44.4 Å². The fraction of sp³-hybridized carbons (Fsp3) is 0.312. The van der Waals surface area contributed by atoms with Crippen LogP contribution in [0.4, 0.5) is 24.5 Å². The lowest BCUT2D eigenvalue weighted by atomic mass is 9.97. The molecule has 5 heterocycles. The Hall–Kier alpha value is -6.03. The largest absolute Gasteiger partial charge is 0.419 e. The van der Waals surface area contributed by atoms with Crippen molar-refractivity contribution in [3.05, 3.63) is 70.8 Å². The second kappa shape index (κ2) is 11.6. The molecule has 2 fully saturated rings. The summed E-state index contributed by atoms with van der Waals surface area (Å²) in [5, 5.41) is 17.7. The molecule has 244 valence electrons. The summed E-state index contributed by atoms with van der Waals surface area (Å²) in [5.41, 5.74) is -2.25. The van der Waals surface area contributed by atoms with E-state index < -0.39 is 58.6 Å². The van der Waals surface area contributed by atoms with E-state index in [1.54, 1.807) is 12.1 Å². The van der Waals surface area contributed by atoms with E-state index >= 15 is 0 Å². The molecule has 5 amide bonds. The van der Waals surface area contributed by atoms with Crippen LogP contribution in [0.15, 0.2) is 42.9 Å². The van der Waals surface area contributed by atoms with Crippen LogP contribution >= 0.6 is 0 Å². The minimum Gasteiger partial charge on any atom is -0.368 e. The number of halogens is 3. The van der Waals surface area contributed by atoms with Crippen LogP contribution < -0.4 is 15.5 Å². The lowest BCUT2D eigenvalue weighted by Crippen LogP contribution is -2.54. The predicted molar refractivity (Wildman–Crippen MR) is 160 cm³/mol. The SMILES string of the molecule is CC(C)(C(=O)Nc1cnc(C#N)c(C(F)(F)F)c1)n1cc(C#CC2CN(c3cccc4c3C(=O)N(C3CCC(=O)NC3=O)C4=O)C2)cn1. The second-order valence-electron chi connectivity index (χ2n) is 11.9. The molecule has 13 nitrogen and oxygen atoms in total. The van der Waals surface area contributed by atoms with Crippen LogP contribution in [0.1, 0.15) is 64.2 Å². The number of benzene rings is 1. The van der Waals surface area contributed by atoms with E-state index in [0.29, 0.717) is 30.4 Å². The second-order valence-corrected chi connectivity index (χ2v) is 11.9. The highest BCUT2D eigenvalue weighted by Crippen LogP contribution is 2.37. The lowest BCUT2D eigenvalue weighted by Gasteiger charge is -2.39. The molecule has 2 aromatic heterocycles. The van der Waals surface area contributed by atoms with Gasteiger partial charge in [0.25, 0.3) is 17.7 Å². The number of hydrogen-bond acceptors (Lipinski definition) is 9. The van der Waals surface area contributed by atoms with Gasteiger partial charge in [0, 0.05) is 25.7 Å². The number of alkyl halides is 3. The van der Waals surface area contributed by atoms with E-state index in [4.69, 9.17) is 5.26 Å². The molecule has 0 radical (unpaired) electrons. The van der Waals surface area contributed by atoms with Crippen molar-refractivity contribution in [2.24, 2.45) is 5.92 Å². The van der Waals surface area contributed by atoms with Crippen molar-refractivity contribution < 1.29 is 37.1 Å². The zero-order valence-electron chi connectivity index (χ0n) is 25.4. The van der Waals surface area contributed by atoms with Crippen LogP contribution in [0.25, 0.3) is 0 Å². The molecular formula is C32H25F3N8O5. The van der Waals surface area contributed by atoms with Gasteiger partial charge in [-0.05, 0) is 38.5 Å². The Labute approximate surface area is 270 Å². The first kappa shape index (κ1) is 31.9. The van der Waals surface area contributed by atoms with Crippen molar-refractivity contribution in [2.75, 3.05) is 23.3 Å². The first-order chi connectivity index (χ1) is 22.7. The molecule has 3 aliphatic rings. The number of hydrogen-bond donors (Lipinski definition) is 2. The number of pyridine rings is 1. The number of imide groups is 2. The molecule has 0 spiro atoms. The third-order valence-electron chi connectivity index (χ3n) is 8.36. The molecule has 0 aliphatic carbocycles. The number of carbonyl (C=O) groups is 5. The van der Waals surface area contributed by atoms with Crippen LogP contribution in [0.5, 0.6) is 0 Å². The van der Waals surface area contributed by atoms with E-state index in [0.717, 1.165) is 11.1 Å². The van der Waals surface area contributed by atoms with Gasteiger partial charge < -0.3 is 10.2 Å². The van der Waals surface area contributed by atoms with Crippen LogP contribution in [0.3, 0.4) is 0 Å². The van der Waals surface area contributed by atoms with Crippen molar-refractivity contribution in [3.8, 4) is 17.9 Å². The number of nitrogens with one attached hydrogen (secondary N) is 2. The van der Waals surface area contributed by atoms with Crippen molar-refractivity contribution in [3.63, 3.8) is 0 Å². The molecule has 2 saturated heterocycles. The van der Waals surface area contributed by atoms with E-state index in [-0.39, 0.29) is 35.6 Å². The number of nitrogens with zero attached hydrogens (tertiary/aromatic N) is 6. The van der Waals surface area contributed by atoms with Crippen LogP contribution in [0, 0.1) is 29.1 Å². The Bertz CT molecular complexity index is 2010. The van der Waals surface area contributed by atoms with E-state index in [1.807, 2.05) is 4.90 Å². The van der Waals surface area contributed by atoms with Gasteiger partial charge in [0.2, 0.25) is 11.8 Å². The lowest BCUT2D eigenvalue weighted by molar-refractivity contribution is -0.138. The van der Waals surface area contributed by atoms with E-state index in [2.05, 4.69) is 32.6 Å². The summed E-state index contributed by atoms with van der Waals surface area (Å²) in [6.45, 7) is 3.93. The number of piperidine rings is 1. The van der Waals surface area contributed by atoms with Crippen molar-refractivity contribution in [1.82, 2.24) is 25.0 Å². The molecule has 48 heavy (non-hydrogen) atoms. The maximum atomic E-state index is 13.4. The molecule has 1 atom stereocenters. The fourth-order valence-corrected chi connectivity index (χ4v) is 5.63. The molecule has 0 bridgehead atoms. The zero-order chi connectivity index (χ0) is 34.5. The summed E-state index contributed by atoms with van der Waals surface area (Å²) in [7, 11) is 0. The number of rotatable bonds is 5. The Morgan fingerprint density at radius 2 is 1.85 bits per heavy atom. The maximum Gasteiger partial charge on any atom is 0.419 e. The maximum absolute atomic E-state index is 13.4. The standard InChI is InChI=1S/C32H25F3N8O5/c1-31(2,30(48)39-19-10-21(32(33,34)35)22(11-36)37-13-19)42-16-17(12-38-42)6-7-18-14-41(15-18)23-5-3-4-20-26(23)29(47)43(28(20)46)24-8-9-25(44)40-27(24)45/h3-5,10,12-13,16,18,24H,8-9,14-15H2,1-2H3,(H,39,48)(H,40,44,45). The predicted octanol–water partition coefficient (Wildman–Crippen LogP) is 2.43. The van der Waals surface area contributed by atoms with Crippen LogP contribution in [-0.2, 0) is 26.1 Å². The van der Waals surface area contributed by atoms with E-state index in [9.17, 15) is 37.1 Å². The fourth-order valence-electron chi connectivity index (χ4n) is 5.63. The first-order valence-corrected chi connectivity index (χ1v) is 14.6. The van der Waals surface area contributed by atoms with Gasteiger partial charge in [0.1, 0.15) is 17.6 Å². The molecule has 3 aliphatic heterocycles. The summed E-state index contributed by atoms with van der Waals surface area (Å²) in [5.74, 6) is 3.03. The summed E-state index contributed by atoms with van der Waals surface area (Å²) >= 11 is 0. The number of aromatic nitrogens is 3. The average molecular weight is 659 g/mol. The van der Waals surface area contributed by atoms with Gasteiger partial charge in [-0.25, -0.2) is 4.98 Å². The van der Waals surface area contributed by atoms with Crippen LogP contribution in [0.2, 0.25) is 0 Å². The molecule has 2 N–H and O–H groups in total. The smallest absolute Gasteiger partial charge is 0.368 e. The Morgan fingerprint density at radius 3 is 2.54 bits per heavy atom. The van der Waals surface area contributed by atoms with Crippen molar-refractivity contribution in [1.29, 1.82) is 5.26 Å². The van der Waals surface area contributed by atoms with Gasteiger partial charge in [-0.2, -0.15) is 23.5 Å². The van der Waals surface area contributed by atoms with E-state index in [1.165, 1.54) is 43.1 Å². The normalized spacial score (nSPS) is 18.0. The number of nitriles is 1. The minimum absolute atomic E-state index is 0.0230. The molecule has 1 unspecified atom stereocenters. The third kappa shape index (κ3) is 5.62. The molecule has 16 heteroatoms. The topological polar surface area (TPSA) is 170 Å². The molecule has 0 saturated carbocycles. The van der Waals surface area contributed by atoms with Crippen molar-refractivity contribution >= 4 is 40.9 Å². The van der Waals surface area contributed by atoms with Crippen LogP contribution in [-0.4, -0.2) is 68.3 Å². The molecule has 3 aromatic rings.